The minimum absolute atomic E-state index is 0.0851. The zero-order chi connectivity index (χ0) is 19.3. The lowest BCUT2D eigenvalue weighted by Crippen LogP contribution is -2.28. The predicted molar refractivity (Wildman–Crippen MR) is 111 cm³/mol. The summed E-state index contributed by atoms with van der Waals surface area (Å²) in [6, 6.07) is 24.8. The molecule has 0 saturated carbocycles. The number of rotatable bonds is 6. The minimum atomic E-state index is -0.375. The Morgan fingerprint density at radius 3 is 2.04 bits per heavy atom. The van der Waals surface area contributed by atoms with Crippen molar-refractivity contribution in [1.29, 1.82) is 0 Å². The third kappa shape index (κ3) is 3.78. The fourth-order valence-electron chi connectivity index (χ4n) is 3.80. The lowest BCUT2D eigenvalue weighted by Gasteiger charge is -2.14. The summed E-state index contributed by atoms with van der Waals surface area (Å²) in [5, 5.41) is 2.85. The van der Waals surface area contributed by atoms with E-state index in [2.05, 4.69) is 29.6 Å². The van der Waals surface area contributed by atoms with Gasteiger partial charge in [-0.3, -0.25) is 0 Å². The van der Waals surface area contributed by atoms with Gasteiger partial charge in [-0.25, -0.2) is 4.79 Å². The zero-order valence-electron chi connectivity index (χ0n) is 15.7. The summed E-state index contributed by atoms with van der Waals surface area (Å²) >= 11 is 0. The average molecular weight is 372 g/mol. The number of nitrogens with one attached hydrogen (secondary N) is 1. The molecule has 0 aliphatic heterocycles. The summed E-state index contributed by atoms with van der Waals surface area (Å²) in [6.07, 6.45) is 0.384. The number of hydrogen-bond acceptors (Lipinski definition) is 3. The monoisotopic (exact) mass is 372 g/mol. The molecule has 0 heterocycles. The van der Waals surface area contributed by atoms with Gasteiger partial charge in [-0.2, -0.15) is 0 Å². The standard InChI is InChI=1S/C24H24N2O2/c25-15-18-11-9-17(10-12-18)13-14-26-24(27)28-16-23-21-7-3-1-5-19(21)20-6-2-4-8-22(20)23/h1-12,23H,13-16,25H2,(H,26,27). The van der Waals surface area contributed by atoms with E-state index in [0.29, 0.717) is 19.7 Å². The predicted octanol–water partition coefficient (Wildman–Crippen LogP) is 4.23. The van der Waals surface area contributed by atoms with E-state index in [4.69, 9.17) is 10.5 Å². The molecule has 3 N–H and O–H groups in total. The Morgan fingerprint density at radius 2 is 1.43 bits per heavy atom. The van der Waals surface area contributed by atoms with Crippen LogP contribution < -0.4 is 11.1 Å². The maximum Gasteiger partial charge on any atom is 0.407 e. The first-order chi connectivity index (χ1) is 13.8. The van der Waals surface area contributed by atoms with E-state index in [1.54, 1.807) is 0 Å². The number of benzene rings is 3. The van der Waals surface area contributed by atoms with E-state index in [1.807, 2.05) is 48.5 Å². The van der Waals surface area contributed by atoms with Crippen molar-refractivity contribution in [1.82, 2.24) is 5.32 Å². The SMILES string of the molecule is NCc1ccc(CCNC(=O)OCC2c3ccccc3-c3ccccc32)cc1. The van der Waals surface area contributed by atoms with Crippen molar-refractivity contribution in [2.45, 2.75) is 18.9 Å². The van der Waals surface area contributed by atoms with Crippen LogP contribution in [0.15, 0.2) is 72.8 Å². The van der Waals surface area contributed by atoms with Crippen LogP contribution >= 0.6 is 0 Å². The lowest BCUT2D eigenvalue weighted by atomic mass is 9.98. The van der Waals surface area contributed by atoms with Crippen LogP contribution in [0.2, 0.25) is 0 Å². The molecule has 0 bridgehead atoms. The highest BCUT2D eigenvalue weighted by Crippen LogP contribution is 2.44. The molecule has 3 aromatic rings. The quantitative estimate of drug-likeness (QED) is 0.681. The van der Waals surface area contributed by atoms with Crippen LogP contribution in [0.1, 0.15) is 28.2 Å². The molecule has 0 radical (unpaired) electrons. The van der Waals surface area contributed by atoms with Crippen LogP contribution in [0.4, 0.5) is 4.79 Å². The van der Waals surface area contributed by atoms with Gasteiger partial charge in [0, 0.05) is 19.0 Å². The van der Waals surface area contributed by atoms with Gasteiger partial charge in [-0.1, -0.05) is 72.8 Å². The smallest absolute Gasteiger partial charge is 0.407 e. The molecule has 28 heavy (non-hydrogen) atoms. The van der Waals surface area contributed by atoms with Crippen LogP contribution in [0.25, 0.3) is 11.1 Å². The second kappa shape index (κ2) is 8.28. The molecular weight excluding hydrogens is 348 g/mol. The first-order valence-corrected chi connectivity index (χ1v) is 9.63. The summed E-state index contributed by atoms with van der Waals surface area (Å²) < 4.78 is 5.55. The molecule has 3 aromatic carbocycles. The van der Waals surface area contributed by atoms with Crippen molar-refractivity contribution in [3.05, 3.63) is 95.1 Å². The number of nitrogens with two attached hydrogens (primary N) is 1. The summed E-state index contributed by atoms with van der Waals surface area (Å²) in [4.78, 5) is 12.2. The van der Waals surface area contributed by atoms with Gasteiger partial charge in [0.05, 0.1) is 0 Å². The average Bonchev–Trinajstić information content (AvgIpc) is 3.07. The molecule has 0 aromatic heterocycles. The summed E-state index contributed by atoms with van der Waals surface area (Å²) in [5.41, 5.74) is 12.8. The molecule has 1 aliphatic carbocycles. The van der Waals surface area contributed by atoms with Crippen molar-refractivity contribution >= 4 is 6.09 Å². The van der Waals surface area contributed by atoms with Crippen LogP contribution in [-0.4, -0.2) is 19.2 Å². The molecule has 0 atom stereocenters. The first kappa shape index (κ1) is 18.3. The maximum absolute atomic E-state index is 12.2. The van der Waals surface area contributed by atoms with Gasteiger partial charge in [0.2, 0.25) is 0 Å². The van der Waals surface area contributed by atoms with Crippen molar-refractivity contribution < 1.29 is 9.53 Å². The highest BCUT2D eigenvalue weighted by atomic mass is 16.5. The molecular formula is C24H24N2O2. The molecule has 4 rings (SSSR count). The summed E-state index contributed by atoms with van der Waals surface area (Å²) in [6.45, 7) is 1.42. The number of alkyl carbamates (subject to hydrolysis) is 1. The molecule has 0 saturated heterocycles. The zero-order valence-corrected chi connectivity index (χ0v) is 15.7. The molecule has 0 spiro atoms. The molecule has 0 fully saturated rings. The van der Waals surface area contributed by atoms with Crippen LogP contribution in [0.3, 0.4) is 0 Å². The number of fused-ring (bicyclic) bond motifs is 3. The Hall–Kier alpha value is -3.11. The van der Waals surface area contributed by atoms with Gasteiger partial charge < -0.3 is 15.8 Å². The maximum atomic E-state index is 12.2. The van der Waals surface area contributed by atoms with Crippen molar-refractivity contribution in [2.24, 2.45) is 5.73 Å². The molecule has 1 amide bonds. The van der Waals surface area contributed by atoms with E-state index >= 15 is 0 Å². The van der Waals surface area contributed by atoms with E-state index < -0.39 is 0 Å². The topological polar surface area (TPSA) is 64.3 Å². The fourth-order valence-corrected chi connectivity index (χ4v) is 3.80. The number of carbonyl (C=O) groups excluding carboxylic acids is 1. The van der Waals surface area contributed by atoms with Gasteiger partial charge in [0.15, 0.2) is 0 Å². The summed E-state index contributed by atoms with van der Waals surface area (Å²) in [5.74, 6) is 0.0851. The van der Waals surface area contributed by atoms with Crippen LogP contribution in [0, 0.1) is 0 Å². The van der Waals surface area contributed by atoms with Crippen molar-refractivity contribution in [3.63, 3.8) is 0 Å². The van der Waals surface area contributed by atoms with Gasteiger partial charge in [0.1, 0.15) is 6.61 Å². The van der Waals surface area contributed by atoms with Crippen molar-refractivity contribution in [3.8, 4) is 11.1 Å². The number of hydrogen-bond donors (Lipinski definition) is 2. The second-order valence-electron chi connectivity index (χ2n) is 7.02. The van der Waals surface area contributed by atoms with E-state index in [1.165, 1.54) is 22.3 Å². The largest absolute Gasteiger partial charge is 0.449 e. The Kier molecular flexibility index (Phi) is 5.40. The second-order valence-corrected chi connectivity index (χ2v) is 7.02. The lowest BCUT2D eigenvalue weighted by molar-refractivity contribution is 0.143. The van der Waals surface area contributed by atoms with E-state index in [9.17, 15) is 4.79 Å². The number of amides is 1. The third-order valence-corrected chi connectivity index (χ3v) is 5.29. The van der Waals surface area contributed by atoms with E-state index in [0.717, 1.165) is 17.5 Å². The molecule has 4 nitrogen and oxygen atoms in total. The fraction of sp³-hybridized carbons (Fsp3) is 0.208. The number of ether oxygens (including phenoxy) is 1. The highest BCUT2D eigenvalue weighted by Gasteiger charge is 2.28. The number of carbonyl (C=O) groups is 1. The van der Waals surface area contributed by atoms with Crippen molar-refractivity contribution in [2.75, 3.05) is 13.2 Å². The normalized spacial score (nSPS) is 12.3. The molecule has 1 aliphatic rings. The summed E-state index contributed by atoms with van der Waals surface area (Å²) in [7, 11) is 0. The van der Waals surface area contributed by atoms with Gasteiger partial charge in [0.25, 0.3) is 0 Å². The Labute approximate surface area is 165 Å². The molecule has 0 unspecified atom stereocenters. The van der Waals surface area contributed by atoms with Gasteiger partial charge in [-0.05, 0) is 39.8 Å². The van der Waals surface area contributed by atoms with Gasteiger partial charge in [-0.15, -0.1) is 0 Å². The molecule has 4 heteroatoms. The van der Waals surface area contributed by atoms with Crippen LogP contribution in [0.5, 0.6) is 0 Å². The first-order valence-electron chi connectivity index (χ1n) is 9.63. The third-order valence-electron chi connectivity index (χ3n) is 5.29. The Morgan fingerprint density at radius 1 is 0.857 bits per heavy atom. The van der Waals surface area contributed by atoms with Crippen LogP contribution in [-0.2, 0) is 17.7 Å². The Balaban J connectivity index is 1.32. The molecule has 142 valence electrons. The Bertz CT molecular complexity index is 921. The highest BCUT2D eigenvalue weighted by molar-refractivity contribution is 5.79. The van der Waals surface area contributed by atoms with E-state index in [-0.39, 0.29) is 12.0 Å². The minimum Gasteiger partial charge on any atom is -0.449 e. The van der Waals surface area contributed by atoms with Gasteiger partial charge >= 0.3 is 6.09 Å².